The standard InChI is InChI=1S/C20H24F3NO3/c1-25-17-11-15(12-18(26-2)19(17)27-3)13-24-10-4-5-14-6-8-16(9-7-14)20(21,22)23/h6-9,11-12,24H,4-5,10,13H2,1-3H3. The van der Waals surface area contributed by atoms with Gasteiger partial charge < -0.3 is 19.5 Å². The molecule has 27 heavy (non-hydrogen) atoms. The summed E-state index contributed by atoms with van der Waals surface area (Å²) in [6.07, 6.45) is -2.77. The van der Waals surface area contributed by atoms with Crippen LogP contribution in [0.15, 0.2) is 36.4 Å². The van der Waals surface area contributed by atoms with Crippen LogP contribution in [0.25, 0.3) is 0 Å². The second-order valence-corrected chi connectivity index (χ2v) is 6.01. The number of methoxy groups -OCH3 is 3. The Morgan fingerprint density at radius 3 is 1.93 bits per heavy atom. The molecule has 4 nitrogen and oxygen atoms in total. The molecule has 0 heterocycles. The van der Waals surface area contributed by atoms with Gasteiger partial charge in [0.25, 0.3) is 0 Å². The van der Waals surface area contributed by atoms with Crippen LogP contribution in [0, 0.1) is 0 Å². The van der Waals surface area contributed by atoms with Gasteiger partial charge in [0.2, 0.25) is 5.75 Å². The predicted octanol–water partition coefficient (Wildman–Crippen LogP) is 4.45. The molecular weight excluding hydrogens is 359 g/mol. The topological polar surface area (TPSA) is 39.7 Å². The molecule has 2 rings (SSSR count). The van der Waals surface area contributed by atoms with Gasteiger partial charge in [-0.3, -0.25) is 0 Å². The lowest BCUT2D eigenvalue weighted by Crippen LogP contribution is -2.15. The lowest BCUT2D eigenvalue weighted by atomic mass is 10.1. The van der Waals surface area contributed by atoms with Crippen LogP contribution in [0.5, 0.6) is 17.2 Å². The third-order valence-electron chi connectivity index (χ3n) is 4.15. The van der Waals surface area contributed by atoms with E-state index in [0.29, 0.717) is 30.2 Å². The molecule has 0 aliphatic carbocycles. The summed E-state index contributed by atoms with van der Waals surface area (Å²) in [4.78, 5) is 0. The van der Waals surface area contributed by atoms with Crippen LogP contribution in [0.4, 0.5) is 13.2 Å². The molecule has 0 atom stereocenters. The second kappa shape index (κ2) is 9.50. The van der Waals surface area contributed by atoms with Gasteiger partial charge in [0.15, 0.2) is 11.5 Å². The van der Waals surface area contributed by atoms with E-state index in [2.05, 4.69) is 5.32 Å². The molecule has 0 aliphatic rings. The van der Waals surface area contributed by atoms with E-state index in [-0.39, 0.29) is 0 Å². The molecule has 0 aliphatic heterocycles. The molecule has 0 bridgehead atoms. The zero-order valence-electron chi connectivity index (χ0n) is 15.7. The van der Waals surface area contributed by atoms with E-state index in [1.54, 1.807) is 21.3 Å². The Morgan fingerprint density at radius 1 is 0.852 bits per heavy atom. The Morgan fingerprint density at radius 2 is 1.44 bits per heavy atom. The van der Waals surface area contributed by atoms with Crippen molar-refractivity contribution in [2.45, 2.75) is 25.6 Å². The summed E-state index contributed by atoms with van der Waals surface area (Å²) in [7, 11) is 4.69. The van der Waals surface area contributed by atoms with Crippen molar-refractivity contribution < 1.29 is 27.4 Å². The summed E-state index contributed by atoms with van der Waals surface area (Å²) in [5.74, 6) is 1.74. The number of ether oxygens (including phenoxy) is 3. The number of nitrogens with one attached hydrogen (secondary N) is 1. The fourth-order valence-electron chi connectivity index (χ4n) is 2.75. The van der Waals surface area contributed by atoms with Crippen LogP contribution in [-0.2, 0) is 19.1 Å². The molecule has 2 aromatic rings. The molecular formula is C20H24F3NO3. The van der Waals surface area contributed by atoms with Gasteiger partial charge in [0.1, 0.15) is 0 Å². The van der Waals surface area contributed by atoms with E-state index < -0.39 is 11.7 Å². The summed E-state index contributed by atoms with van der Waals surface area (Å²) in [5.41, 5.74) is 1.25. The van der Waals surface area contributed by atoms with Gasteiger partial charge in [-0.25, -0.2) is 0 Å². The molecule has 0 spiro atoms. The molecule has 0 fully saturated rings. The van der Waals surface area contributed by atoms with Gasteiger partial charge in [-0.05, 0) is 54.8 Å². The van der Waals surface area contributed by atoms with Crippen LogP contribution in [0.3, 0.4) is 0 Å². The van der Waals surface area contributed by atoms with Crippen molar-refractivity contribution >= 4 is 0 Å². The molecule has 0 aromatic heterocycles. The minimum atomic E-state index is -4.29. The quantitative estimate of drug-likeness (QED) is 0.650. The number of alkyl halides is 3. The largest absolute Gasteiger partial charge is 0.493 e. The molecule has 0 saturated carbocycles. The summed E-state index contributed by atoms with van der Waals surface area (Å²) >= 11 is 0. The van der Waals surface area contributed by atoms with Crippen molar-refractivity contribution in [1.82, 2.24) is 5.32 Å². The monoisotopic (exact) mass is 383 g/mol. The van der Waals surface area contributed by atoms with Gasteiger partial charge in [-0.1, -0.05) is 12.1 Å². The first-order valence-corrected chi connectivity index (χ1v) is 8.54. The summed E-state index contributed by atoms with van der Waals surface area (Å²) in [5, 5.41) is 3.32. The lowest BCUT2D eigenvalue weighted by molar-refractivity contribution is -0.137. The van der Waals surface area contributed by atoms with Crippen molar-refractivity contribution in [2.24, 2.45) is 0 Å². The third kappa shape index (κ3) is 5.79. The lowest BCUT2D eigenvalue weighted by Gasteiger charge is -2.14. The smallest absolute Gasteiger partial charge is 0.416 e. The average Bonchev–Trinajstić information content (AvgIpc) is 2.66. The van der Waals surface area contributed by atoms with Crippen molar-refractivity contribution in [3.63, 3.8) is 0 Å². The fourth-order valence-corrected chi connectivity index (χ4v) is 2.75. The Labute approximate surface area is 157 Å². The highest BCUT2D eigenvalue weighted by Gasteiger charge is 2.29. The number of hydrogen-bond donors (Lipinski definition) is 1. The number of hydrogen-bond acceptors (Lipinski definition) is 4. The van der Waals surface area contributed by atoms with Gasteiger partial charge in [0.05, 0.1) is 26.9 Å². The van der Waals surface area contributed by atoms with Crippen LogP contribution in [0.1, 0.15) is 23.1 Å². The van der Waals surface area contributed by atoms with E-state index in [1.807, 2.05) is 12.1 Å². The minimum Gasteiger partial charge on any atom is -0.493 e. The second-order valence-electron chi connectivity index (χ2n) is 6.01. The highest BCUT2D eigenvalue weighted by molar-refractivity contribution is 5.53. The van der Waals surface area contributed by atoms with E-state index in [9.17, 15) is 13.2 Å². The van der Waals surface area contributed by atoms with Gasteiger partial charge >= 0.3 is 6.18 Å². The highest BCUT2D eigenvalue weighted by Crippen LogP contribution is 2.38. The molecule has 2 aromatic carbocycles. The van der Waals surface area contributed by atoms with Crippen LogP contribution in [-0.4, -0.2) is 27.9 Å². The first-order chi connectivity index (χ1) is 12.9. The van der Waals surface area contributed by atoms with E-state index in [0.717, 1.165) is 36.2 Å². The number of rotatable bonds is 9. The first kappa shape index (κ1) is 20.9. The van der Waals surface area contributed by atoms with Crippen molar-refractivity contribution in [1.29, 1.82) is 0 Å². The fraction of sp³-hybridized carbons (Fsp3) is 0.400. The average molecular weight is 383 g/mol. The van der Waals surface area contributed by atoms with Crippen molar-refractivity contribution in [2.75, 3.05) is 27.9 Å². The van der Waals surface area contributed by atoms with E-state index in [4.69, 9.17) is 14.2 Å². The zero-order chi connectivity index (χ0) is 19.9. The molecule has 0 unspecified atom stereocenters. The van der Waals surface area contributed by atoms with Gasteiger partial charge in [-0.2, -0.15) is 13.2 Å². The predicted molar refractivity (Wildman–Crippen MR) is 97.6 cm³/mol. The molecule has 0 radical (unpaired) electrons. The molecule has 148 valence electrons. The van der Waals surface area contributed by atoms with Crippen molar-refractivity contribution in [3.8, 4) is 17.2 Å². The van der Waals surface area contributed by atoms with Crippen LogP contribution >= 0.6 is 0 Å². The first-order valence-electron chi connectivity index (χ1n) is 8.54. The maximum atomic E-state index is 12.6. The number of benzene rings is 2. The Kier molecular flexibility index (Phi) is 7.36. The normalized spacial score (nSPS) is 11.3. The zero-order valence-corrected chi connectivity index (χ0v) is 15.7. The maximum Gasteiger partial charge on any atom is 0.416 e. The highest BCUT2D eigenvalue weighted by atomic mass is 19.4. The van der Waals surface area contributed by atoms with Gasteiger partial charge in [0, 0.05) is 6.54 Å². The van der Waals surface area contributed by atoms with Crippen molar-refractivity contribution in [3.05, 3.63) is 53.1 Å². The number of halogens is 3. The minimum absolute atomic E-state index is 0.547. The van der Waals surface area contributed by atoms with Gasteiger partial charge in [-0.15, -0.1) is 0 Å². The molecule has 0 amide bonds. The maximum absolute atomic E-state index is 12.6. The SMILES string of the molecule is COc1cc(CNCCCc2ccc(C(F)(F)F)cc2)cc(OC)c1OC. The number of aryl methyl sites for hydroxylation is 1. The molecule has 0 saturated heterocycles. The third-order valence-corrected chi connectivity index (χ3v) is 4.15. The summed E-state index contributed by atoms with van der Waals surface area (Å²) in [6.45, 7) is 1.35. The van der Waals surface area contributed by atoms with E-state index >= 15 is 0 Å². The Balaban J connectivity index is 1.83. The Bertz CT molecular complexity index is 705. The molecule has 7 heteroatoms. The summed E-state index contributed by atoms with van der Waals surface area (Å²) < 4.78 is 53.6. The molecule has 1 N–H and O–H groups in total. The van der Waals surface area contributed by atoms with Crippen LogP contribution in [0.2, 0.25) is 0 Å². The Hall–Kier alpha value is -2.41. The summed E-state index contributed by atoms with van der Waals surface area (Å²) in [6, 6.07) is 9.07. The van der Waals surface area contributed by atoms with E-state index in [1.165, 1.54) is 12.1 Å². The van der Waals surface area contributed by atoms with Crippen LogP contribution < -0.4 is 19.5 Å².